The van der Waals surface area contributed by atoms with Crippen molar-refractivity contribution in [3.8, 4) is 0 Å². The van der Waals surface area contributed by atoms with Crippen molar-refractivity contribution in [2.24, 2.45) is 0 Å². The number of aromatic nitrogens is 2. The molecule has 2 aliphatic heterocycles. The fourth-order valence-electron chi connectivity index (χ4n) is 3.04. The zero-order valence-electron chi connectivity index (χ0n) is 11.5. The highest BCUT2D eigenvalue weighted by atomic mass is 16.5. The molecule has 2 fully saturated rings. The number of hydrogen-bond acceptors (Lipinski definition) is 5. The molecule has 2 atom stereocenters. The first kappa shape index (κ1) is 13.1. The summed E-state index contributed by atoms with van der Waals surface area (Å²) in [6.07, 6.45) is 8.66. The van der Waals surface area contributed by atoms with E-state index in [1.54, 1.807) is 0 Å². The summed E-state index contributed by atoms with van der Waals surface area (Å²) in [4.78, 5) is 4.65. The topological polar surface area (TPSA) is 63.0 Å². The van der Waals surface area contributed by atoms with Gasteiger partial charge in [0.15, 0.2) is 5.82 Å². The summed E-state index contributed by atoms with van der Waals surface area (Å²) in [5.74, 6) is 2.12. The van der Waals surface area contributed by atoms with Gasteiger partial charge in [0.2, 0.25) is 5.89 Å². The summed E-state index contributed by atoms with van der Waals surface area (Å²) < 4.78 is 5.50. The normalized spacial score (nSPS) is 29.7. The van der Waals surface area contributed by atoms with Gasteiger partial charge in [0.25, 0.3) is 0 Å². The van der Waals surface area contributed by atoms with Gasteiger partial charge in [0.05, 0.1) is 6.04 Å². The molecule has 1 aromatic heterocycles. The largest absolute Gasteiger partial charge is 0.338 e. The first-order valence-corrected chi connectivity index (χ1v) is 7.71. The summed E-state index contributed by atoms with van der Waals surface area (Å²) in [6.45, 7) is 3.16. The van der Waals surface area contributed by atoms with Crippen molar-refractivity contribution in [3.05, 3.63) is 11.7 Å². The minimum atomic E-state index is 0.262. The lowest BCUT2D eigenvalue weighted by Crippen LogP contribution is -2.29. The molecule has 5 nitrogen and oxygen atoms in total. The Hall–Kier alpha value is -0.940. The highest BCUT2D eigenvalue weighted by molar-refractivity contribution is 5.01. The fourth-order valence-corrected chi connectivity index (χ4v) is 3.04. The van der Waals surface area contributed by atoms with Crippen LogP contribution >= 0.6 is 0 Å². The van der Waals surface area contributed by atoms with E-state index in [1.165, 1.54) is 38.5 Å². The standard InChI is InChI=1S/C14H24N4O/c1-2-4-9-16-12(7-3-1)14-17-13(18-19-14)11-6-5-8-15-10-11/h11-12,15-16H,1-10H2. The van der Waals surface area contributed by atoms with E-state index in [1.807, 2.05) is 0 Å². The van der Waals surface area contributed by atoms with Gasteiger partial charge in [0, 0.05) is 12.5 Å². The number of nitrogens with zero attached hydrogens (tertiary/aromatic N) is 2. The smallest absolute Gasteiger partial charge is 0.243 e. The maximum absolute atomic E-state index is 5.50. The average molecular weight is 264 g/mol. The summed E-state index contributed by atoms with van der Waals surface area (Å²) in [6, 6.07) is 0.262. The second-order valence-electron chi connectivity index (χ2n) is 5.74. The third-order valence-corrected chi connectivity index (χ3v) is 4.23. The molecule has 5 heteroatoms. The lowest BCUT2D eigenvalue weighted by atomic mass is 9.99. The van der Waals surface area contributed by atoms with Crippen molar-refractivity contribution in [3.63, 3.8) is 0 Å². The van der Waals surface area contributed by atoms with Crippen molar-refractivity contribution < 1.29 is 4.52 Å². The van der Waals surface area contributed by atoms with Gasteiger partial charge in [-0.2, -0.15) is 4.98 Å². The Kier molecular flexibility index (Phi) is 4.45. The number of nitrogens with one attached hydrogen (secondary N) is 2. The van der Waals surface area contributed by atoms with Gasteiger partial charge in [-0.15, -0.1) is 0 Å². The number of hydrogen-bond donors (Lipinski definition) is 2. The van der Waals surface area contributed by atoms with Gasteiger partial charge in [0.1, 0.15) is 0 Å². The second kappa shape index (κ2) is 6.48. The zero-order chi connectivity index (χ0) is 12.9. The molecule has 2 aliphatic rings. The van der Waals surface area contributed by atoms with Crippen LogP contribution in [0.2, 0.25) is 0 Å². The molecular weight excluding hydrogens is 240 g/mol. The van der Waals surface area contributed by atoms with Gasteiger partial charge in [-0.3, -0.25) is 0 Å². The van der Waals surface area contributed by atoms with Gasteiger partial charge < -0.3 is 15.2 Å². The first-order valence-electron chi connectivity index (χ1n) is 7.71. The predicted octanol–water partition coefficient (Wildman–Crippen LogP) is 2.13. The van der Waals surface area contributed by atoms with E-state index in [4.69, 9.17) is 4.52 Å². The van der Waals surface area contributed by atoms with Crippen LogP contribution in [0, 0.1) is 0 Å². The van der Waals surface area contributed by atoms with Crippen LogP contribution in [0.5, 0.6) is 0 Å². The van der Waals surface area contributed by atoms with Crippen molar-refractivity contribution in [1.29, 1.82) is 0 Å². The van der Waals surface area contributed by atoms with Crippen molar-refractivity contribution in [2.45, 2.75) is 56.9 Å². The van der Waals surface area contributed by atoms with Crippen molar-refractivity contribution in [1.82, 2.24) is 20.8 Å². The molecule has 0 aromatic carbocycles. The predicted molar refractivity (Wildman–Crippen MR) is 73.0 cm³/mol. The summed E-state index contributed by atoms with van der Waals surface area (Å²) >= 11 is 0. The van der Waals surface area contributed by atoms with Gasteiger partial charge in [-0.05, 0) is 38.8 Å². The molecule has 0 spiro atoms. The maximum atomic E-state index is 5.50. The highest BCUT2D eigenvalue weighted by Gasteiger charge is 2.24. The van der Waals surface area contributed by atoms with Crippen LogP contribution < -0.4 is 10.6 Å². The van der Waals surface area contributed by atoms with E-state index in [9.17, 15) is 0 Å². The first-order chi connectivity index (χ1) is 9.43. The van der Waals surface area contributed by atoms with Crippen molar-refractivity contribution >= 4 is 0 Å². The van der Waals surface area contributed by atoms with Crippen LogP contribution in [-0.4, -0.2) is 29.8 Å². The fraction of sp³-hybridized carbons (Fsp3) is 0.857. The Morgan fingerprint density at radius 1 is 1.00 bits per heavy atom. The SMILES string of the molecule is C1CCCC(c2nc(C3CCCNC3)no2)NCC1. The van der Waals surface area contributed by atoms with E-state index >= 15 is 0 Å². The van der Waals surface area contributed by atoms with E-state index in [0.29, 0.717) is 5.92 Å². The second-order valence-corrected chi connectivity index (χ2v) is 5.74. The Morgan fingerprint density at radius 2 is 1.95 bits per heavy atom. The van der Waals surface area contributed by atoms with E-state index in [2.05, 4.69) is 20.8 Å². The molecule has 0 bridgehead atoms. The molecule has 0 aliphatic carbocycles. The molecule has 19 heavy (non-hydrogen) atoms. The zero-order valence-corrected chi connectivity index (χ0v) is 11.5. The third-order valence-electron chi connectivity index (χ3n) is 4.23. The monoisotopic (exact) mass is 264 g/mol. The highest BCUT2D eigenvalue weighted by Crippen LogP contribution is 2.25. The summed E-state index contributed by atoms with van der Waals surface area (Å²) in [7, 11) is 0. The van der Waals surface area contributed by atoms with Gasteiger partial charge in [-0.25, -0.2) is 0 Å². The Labute approximate surface area is 114 Å². The molecule has 0 amide bonds. The van der Waals surface area contributed by atoms with Crippen LogP contribution in [-0.2, 0) is 0 Å². The number of rotatable bonds is 2. The van der Waals surface area contributed by atoms with E-state index in [0.717, 1.165) is 37.8 Å². The van der Waals surface area contributed by atoms with E-state index in [-0.39, 0.29) is 6.04 Å². The molecule has 2 saturated heterocycles. The van der Waals surface area contributed by atoms with Crippen LogP contribution in [0.1, 0.15) is 68.6 Å². The Bertz CT molecular complexity index is 379. The molecule has 1 aromatic rings. The summed E-state index contributed by atoms with van der Waals surface area (Å²) in [5.41, 5.74) is 0. The lowest BCUT2D eigenvalue weighted by Gasteiger charge is -2.19. The molecule has 106 valence electrons. The molecule has 3 rings (SSSR count). The number of piperidine rings is 1. The summed E-state index contributed by atoms with van der Waals surface area (Å²) in [5, 5.41) is 11.1. The lowest BCUT2D eigenvalue weighted by molar-refractivity contribution is 0.303. The van der Waals surface area contributed by atoms with Crippen molar-refractivity contribution in [2.75, 3.05) is 19.6 Å². The Morgan fingerprint density at radius 3 is 2.84 bits per heavy atom. The van der Waals surface area contributed by atoms with Crippen LogP contribution in [0.25, 0.3) is 0 Å². The minimum absolute atomic E-state index is 0.262. The third kappa shape index (κ3) is 3.34. The minimum Gasteiger partial charge on any atom is -0.338 e. The molecule has 3 heterocycles. The quantitative estimate of drug-likeness (QED) is 0.857. The van der Waals surface area contributed by atoms with Crippen LogP contribution in [0.3, 0.4) is 0 Å². The molecular formula is C14H24N4O. The molecule has 2 unspecified atom stereocenters. The Balaban J connectivity index is 1.65. The van der Waals surface area contributed by atoms with Gasteiger partial charge in [-0.1, -0.05) is 24.4 Å². The molecule has 2 N–H and O–H groups in total. The molecule has 0 saturated carbocycles. The molecule has 0 radical (unpaired) electrons. The average Bonchev–Trinajstić information content (AvgIpc) is 2.89. The van der Waals surface area contributed by atoms with Crippen LogP contribution in [0.4, 0.5) is 0 Å². The van der Waals surface area contributed by atoms with Gasteiger partial charge >= 0.3 is 0 Å². The van der Waals surface area contributed by atoms with E-state index < -0.39 is 0 Å². The maximum Gasteiger partial charge on any atom is 0.243 e. The van der Waals surface area contributed by atoms with Crippen LogP contribution in [0.15, 0.2) is 4.52 Å².